The molecule has 3 heteroatoms. The first kappa shape index (κ1) is 14.6. The molecular formula is C17H24N2O. The Kier molecular flexibility index (Phi) is 3.89. The third-order valence-corrected chi connectivity index (χ3v) is 3.40. The predicted molar refractivity (Wildman–Crippen MR) is 83.1 cm³/mol. The summed E-state index contributed by atoms with van der Waals surface area (Å²) in [5, 5.41) is 15.2. The van der Waals surface area contributed by atoms with Gasteiger partial charge in [-0.15, -0.1) is 0 Å². The zero-order valence-electron chi connectivity index (χ0n) is 13.1. The van der Waals surface area contributed by atoms with Gasteiger partial charge in [0.2, 0.25) is 0 Å². The molecule has 0 aliphatic rings. The Balaban J connectivity index is 2.57. The summed E-state index contributed by atoms with van der Waals surface area (Å²) < 4.78 is 1.96. The number of hydrogen-bond donors (Lipinski definition) is 1. The van der Waals surface area contributed by atoms with Gasteiger partial charge < -0.3 is 5.11 Å². The second-order valence-corrected chi connectivity index (χ2v) is 6.34. The highest BCUT2D eigenvalue weighted by atomic mass is 16.3. The Morgan fingerprint density at radius 3 is 2.25 bits per heavy atom. The maximum Gasteiger partial charge on any atom is 0.165 e. The summed E-state index contributed by atoms with van der Waals surface area (Å²) in [6.45, 7) is 10.5. The van der Waals surface area contributed by atoms with Crippen LogP contribution < -0.4 is 0 Å². The van der Waals surface area contributed by atoms with Crippen molar-refractivity contribution in [3.8, 4) is 17.0 Å². The largest absolute Gasteiger partial charge is 0.504 e. The van der Waals surface area contributed by atoms with Gasteiger partial charge in [-0.1, -0.05) is 43.2 Å². The van der Waals surface area contributed by atoms with Crippen LogP contribution in [-0.2, 0) is 12.0 Å². The average Bonchev–Trinajstić information content (AvgIpc) is 2.69. The first-order valence-corrected chi connectivity index (χ1v) is 7.23. The Morgan fingerprint density at radius 1 is 1.15 bits per heavy atom. The zero-order valence-corrected chi connectivity index (χ0v) is 13.1. The number of nitrogens with zero attached hydrogens (tertiary/aromatic N) is 2. The topological polar surface area (TPSA) is 38.1 Å². The Morgan fingerprint density at radius 2 is 1.75 bits per heavy atom. The first-order valence-electron chi connectivity index (χ1n) is 7.23. The highest BCUT2D eigenvalue weighted by Crippen LogP contribution is 2.35. The third kappa shape index (κ3) is 2.72. The second-order valence-electron chi connectivity index (χ2n) is 6.34. The van der Waals surface area contributed by atoms with Crippen molar-refractivity contribution >= 4 is 0 Å². The standard InChI is InChI=1S/C17H24N2O/c1-6-7-14-16(20)15(18-19(14)17(3,4)5)13-10-8-12(2)9-11-13/h8-11,20H,6-7H2,1-5H3. The SMILES string of the molecule is CCCc1c(O)c(-c2ccc(C)cc2)nn1C(C)(C)C. The van der Waals surface area contributed by atoms with E-state index in [0.29, 0.717) is 11.4 Å². The zero-order chi connectivity index (χ0) is 14.9. The minimum atomic E-state index is -0.134. The van der Waals surface area contributed by atoms with E-state index < -0.39 is 0 Å². The van der Waals surface area contributed by atoms with Crippen LogP contribution >= 0.6 is 0 Å². The molecule has 2 aromatic rings. The number of hydrogen-bond acceptors (Lipinski definition) is 2. The quantitative estimate of drug-likeness (QED) is 0.906. The van der Waals surface area contributed by atoms with Crippen LogP contribution in [0.5, 0.6) is 5.75 Å². The van der Waals surface area contributed by atoms with Crippen LogP contribution in [0, 0.1) is 6.92 Å². The van der Waals surface area contributed by atoms with Gasteiger partial charge in [0, 0.05) is 5.56 Å². The summed E-state index contributed by atoms with van der Waals surface area (Å²) in [5.41, 5.74) is 3.65. The molecule has 2 rings (SSSR count). The fraction of sp³-hybridized carbons (Fsp3) is 0.471. The fourth-order valence-corrected chi connectivity index (χ4v) is 2.37. The van der Waals surface area contributed by atoms with Gasteiger partial charge in [0.1, 0.15) is 5.69 Å². The molecule has 3 nitrogen and oxygen atoms in total. The molecule has 0 atom stereocenters. The van der Waals surface area contributed by atoms with E-state index in [1.807, 2.05) is 28.9 Å². The molecule has 0 saturated heterocycles. The molecule has 1 aromatic carbocycles. The summed E-state index contributed by atoms with van der Waals surface area (Å²) in [4.78, 5) is 0. The highest BCUT2D eigenvalue weighted by Gasteiger charge is 2.24. The van der Waals surface area contributed by atoms with E-state index in [0.717, 1.165) is 24.1 Å². The van der Waals surface area contributed by atoms with Gasteiger partial charge in [-0.3, -0.25) is 4.68 Å². The molecule has 0 fully saturated rings. The van der Waals surface area contributed by atoms with Crippen molar-refractivity contribution in [2.45, 2.75) is 53.0 Å². The molecule has 0 spiro atoms. The van der Waals surface area contributed by atoms with Crippen LogP contribution in [0.4, 0.5) is 0 Å². The Labute approximate surface area is 121 Å². The van der Waals surface area contributed by atoms with E-state index in [2.05, 4.69) is 39.7 Å². The summed E-state index contributed by atoms with van der Waals surface area (Å²) in [7, 11) is 0. The van der Waals surface area contributed by atoms with Crippen LogP contribution in [0.3, 0.4) is 0 Å². The van der Waals surface area contributed by atoms with Gasteiger partial charge in [-0.2, -0.15) is 5.10 Å². The molecular weight excluding hydrogens is 248 g/mol. The lowest BCUT2D eigenvalue weighted by Crippen LogP contribution is -2.25. The van der Waals surface area contributed by atoms with E-state index in [1.165, 1.54) is 5.56 Å². The number of aryl methyl sites for hydroxylation is 1. The van der Waals surface area contributed by atoms with E-state index >= 15 is 0 Å². The predicted octanol–water partition coefficient (Wildman–Crippen LogP) is 4.27. The van der Waals surface area contributed by atoms with Crippen LogP contribution in [0.2, 0.25) is 0 Å². The van der Waals surface area contributed by atoms with Gasteiger partial charge in [-0.25, -0.2) is 0 Å². The van der Waals surface area contributed by atoms with Gasteiger partial charge in [-0.05, 0) is 34.1 Å². The number of aromatic nitrogens is 2. The molecule has 0 radical (unpaired) electrons. The van der Waals surface area contributed by atoms with Gasteiger partial charge >= 0.3 is 0 Å². The third-order valence-electron chi connectivity index (χ3n) is 3.40. The molecule has 1 heterocycles. The summed E-state index contributed by atoms with van der Waals surface area (Å²) in [6.07, 6.45) is 1.82. The average molecular weight is 272 g/mol. The molecule has 0 aliphatic carbocycles. The monoisotopic (exact) mass is 272 g/mol. The molecule has 0 amide bonds. The summed E-state index contributed by atoms with van der Waals surface area (Å²) >= 11 is 0. The van der Waals surface area contributed by atoms with Crippen LogP contribution in [-0.4, -0.2) is 14.9 Å². The maximum atomic E-state index is 10.5. The van der Waals surface area contributed by atoms with Gasteiger partial charge in [0.05, 0.1) is 11.2 Å². The Bertz CT molecular complexity index is 589. The van der Waals surface area contributed by atoms with E-state index in [9.17, 15) is 5.11 Å². The van der Waals surface area contributed by atoms with Crippen molar-refractivity contribution in [2.75, 3.05) is 0 Å². The minimum Gasteiger partial charge on any atom is -0.504 e. The lowest BCUT2D eigenvalue weighted by molar-refractivity contribution is 0.339. The van der Waals surface area contributed by atoms with Crippen molar-refractivity contribution in [2.24, 2.45) is 0 Å². The Hall–Kier alpha value is -1.77. The molecule has 20 heavy (non-hydrogen) atoms. The van der Waals surface area contributed by atoms with Crippen LogP contribution in [0.15, 0.2) is 24.3 Å². The van der Waals surface area contributed by atoms with E-state index in [4.69, 9.17) is 0 Å². The normalized spacial score (nSPS) is 11.8. The van der Waals surface area contributed by atoms with Crippen molar-refractivity contribution in [3.63, 3.8) is 0 Å². The number of benzene rings is 1. The fourth-order valence-electron chi connectivity index (χ4n) is 2.37. The van der Waals surface area contributed by atoms with E-state index in [-0.39, 0.29) is 5.54 Å². The molecule has 1 aromatic heterocycles. The lowest BCUT2D eigenvalue weighted by Gasteiger charge is -2.22. The molecule has 108 valence electrons. The second kappa shape index (κ2) is 5.31. The van der Waals surface area contributed by atoms with Crippen LogP contribution in [0.25, 0.3) is 11.3 Å². The lowest BCUT2D eigenvalue weighted by atomic mass is 10.1. The molecule has 0 aliphatic heterocycles. The number of rotatable bonds is 3. The maximum absolute atomic E-state index is 10.5. The molecule has 0 bridgehead atoms. The van der Waals surface area contributed by atoms with Crippen molar-refractivity contribution in [1.29, 1.82) is 0 Å². The van der Waals surface area contributed by atoms with E-state index in [1.54, 1.807) is 0 Å². The van der Waals surface area contributed by atoms with Crippen LogP contribution in [0.1, 0.15) is 45.4 Å². The molecule has 1 N–H and O–H groups in total. The molecule has 0 unspecified atom stereocenters. The summed E-state index contributed by atoms with van der Waals surface area (Å²) in [6, 6.07) is 8.12. The van der Waals surface area contributed by atoms with Gasteiger partial charge in [0.25, 0.3) is 0 Å². The van der Waals surface area contributed by atoms with Crippen molar-refractivity contribution in [1.82, 2.24) is 9.78 Å². The molecule has 0 saturated carbocycles. The van der Waals surface area contributed by atoms with Gasteiger partial charge in [0.15, 0.2) is 5.75 Å². The number of aromatic hydroxyl groups is 1. The van der Waals surface area contributed by atoms with Crippen molar-refractivity contribution < 1.29 is 5.11 Å². The highest BCUT2D eigenvalue weighted by molar-refractivity contribution is 5.67. The summed E-state index contributed by atoms with van der Waals surface area (Å²) in [5.74, 6) is 0.325. The van der Waals surface area contributed by atoms with Crippen molar-refractivity contribution in [3.05, 3.63) is 35.5 Å². The smallest absolute Gasteiger partial charge is 0.165 e. The first-order chi connectivity index (χ1) is 9.34. The minimum absolute atomic E-state index is 0.134.